The Labute approximate surface area is 90.8 Å². The molecule has 4 nitrogen and oxygen atoms in total. The van der Waals surface area contributed by atoms with Crippen molar-refractivity contribution < 1.29 is 9.53 Å². The smallest absolute Gasteiger partial charge is 0.323 e. The molecular weight excluding hydrogens is 192 g/mol. The fourth-order valence-electron chi connectivity index (χ4n) is 1.92. The second-order valence-corrected chi connectivity index (χ2v) is 4.76. The maximum atomic E-state index is 11.2. The van der Waals surface area contributed by atoms with Crippen LogP contribution in [0.25, 0.3) is 0 Å². The molecule has 2 N–H and O–H groups in total. The van der Waals surface area contributed by atoms with Crippen LogP contribution in [-0.4, -0.2) is 43.2 Å². The molecule has 0 aromatic heterocycles. The average molecular weight is 212 g/mol. The van der Waals surface area contributed by atoms with Crippen LogP contribution in [0.4, 0.5) is 0 Å². The molecule has 0 aromatic rings. The molecule has 15 heavy (non-hydrogen) atoms. The van der Waals surface area contributed by atoms with E-state index in [-0.39, 0.29) is 5.97 Å². The monoisotopic (exact) mass is 212 g/mol. The van der Waals surface area contributed by atoms with Crippen molar-refractivity contribution in [2.75, 3.05) is 20.2 Å². The number of esters is 1. The molecule has 0 aromatic carbocycles. The van der Waals surface area contributed by atoms with Gasteiger partial charge in [-0.3, -0.25) is 9.69 Å². The molecule has 2 rings (SSSR count). The SMILES string of the molecule is COC(=O)C(N)CN(CC1CC1)C1CC1. The first-order valence-electron chi connectivity index (χ1n) is 5.78. The van der Waals surface area contributed by atoms with E-state index in [9.17, 15) is 4.79 Å². The highest BCUT2D eigenvalue weighted by atomic mass is 16.5. The van der Waals surface area contributed by atoms with Gasteiger partial charge >= 0.3 is 5.97 Å². The Kier molecular flexibility index (Phi) is 3.26. The summed E-state index contributed by atoms with van der Waals surface area (Å²) in [4.78, 5) is 13.6. The lowest BCUT2D eigenvalue weighted by Crippen LogP contribution is -2.44. The van der Waals surface area contributed by atoms with E-state index in [1.165, 1.54) is 32.8 Å². The van der Waals surface area contributed by atoms with Crippen LogP contribution < -0.4 is 5.73 Å². The lowest BCUT2D eigenvalue weighted by molar-refractivity contribution is -0.142. The molecule has 1 unspecified atom stereocenters. The highest BCUT2D eigenvalue weighted by Gasteiger charge is 2.35. The van der Waals surface area contributed by atoms with Gasteiger partial charge in [-0.15, -0.1) is 0 Å². The van der Waals surface area contributed by atoms with E-state index < -0.39 is 6.04 Å². The van der Waals surface area contributed by atoms with Crippen molar-refractivity contribution in [3.8, 4) is 0 Å². The van der Waals surface area contributed by atoms with E-state index in [0.717, 1.165) is 12.5 Å². The van der Waals surface area contributed by atoms with Gasteiger partial charge in [-0.2, -0.15) is 0 Å². The van der Waals surface area contributed by atoms with E-state index in [1.807, 2.05) is 0 Å². The highest BCUT2D eigenvalue weighted by Crippen LogP contribution is 2.34. The summed E-state index contributed by atoms with van der Waals surface area (Å²) in [6, 6.07) is 0.204. The second kappa shape index (κ2) is 4.49. The van der Waals surface area contributed by atoms with Crippen LogP contribution in [-0.2, 0) is 9.53 Å². The summed E-state index contributed by atoms with van der Waals surface area (Å²) >= 11 is 0. The zero-order valence-corrected chi connectivity index (χ0v) is 9.32. The summed E-state index contributed by atoms with van der Waals surface area (Å²) in [5, 5.41) is 0. The zero-order valence-electron chi connectivity index (χ0n) is 9.32. The van der Waals surface area contributed by atoms with Gasteiger partial charge in [0, 0.05) is 19.1 Å². The van der Waals surface area contributed by atoms with Gasteiger partial charge in [0.15, 0.2) is 0 Å². The first kappa shape index (κ1) is 10.9. The van der Waals surface area contributed by atoms with Crippen molar-refractivity contribution in [2.45, 2.75) is 37.8 Å². The first-order valence-corrected chi connectivity index (χ1v) is 5.78. The lowest BCUT2D eigenvalue weighted by atomic mass is 10.2. The maximum absolute atomic E-state index is 11.2. The fourth-order valence-corrected chi connectivity index (χ4v) is 1.92. The van der Waals surface area contributed by atoms with Crippen molar-refractivity contribution in [2.24, 2.45) is 11.7 Å². The quantitative estimate of drug-likeness (QED) is 0.646. The summed E-state index contributed by atoms with van der Waals surface area (Å²) < 4.78 is 4.64. The number of rotatable bonds is 6. The molecule has 1 atom stereocenters. The molecule has 2 aliphatic carbocycles. The Balaban J connectivity index is 1.79. The van der Waals surface area contributed by atoms with Crippen LogP contribution >= 0.6 is 0 Å². The minimum Gasteiger partial charge on any atom is -0.468 e. The zero-order chi connectivity index (χ0) is 10.8. The Hall–Kier alpha value is -0.610. The second-order valence-electron chi connectivity index (χ2n) is 4.76. The van der Waals surface area contributed by atoms with Crippen molar-refractivity contribution in [1.82, 2.24) is 4.90 Å². The third-order valence-corrected chi connectivity index (χ3v) is 3.19. The summed E-state index contributed by atoms with van der Waals surface area (Å²) in [5.74, 6) is 0.562. The van der Waals surface area contributed by atoms with Gasteiger partial charge in [0.2, 0.25) is 0 Å². The van der Waals surface area contributed by atoms with Crippen LogP contribution in [0.2, 0.25) is 0 Å². The molecule has 0 radical (unpaired) electrons. The first-order chi connectivity index (χ1) is 7.20. The van der Waals surface area contributed by atoms with Gasteiger partial charge in [-0.25, -0.2) is 0 Å². The van der Waals surface area contributed by atoms with Crippen LogP contribution in [0, 0.1) is 5.92 Å². The Morgan fingerprint density at radius 2 is 2.13 bits per heavy atom. The number of carbonyl (C=O) groups excluding carboxylic acids is 1. The van der Waals surface area contributed by atoms with Crippen molar-refractivity contribution in [1.29, 1.82) is 0 Å². The Bertz CT molecular complexity index is 237. The number of ether oxygens (including phenoxy) is 1. The number of nitrogens with two attached hydrogens (primary N) is 1. The molecule has 86 valence electrons. The number of carbonyl (C=O) groups is 1. The molecule has 0 saturated heterocycles. The average Bonchev–Trinajstić information content (AvgIpc) is 3.05. The van der Waals surface area contributed by atoms with Gasteiger partial charge in [0.25, 0.3) is 0 Å². The fraction of sp³-hybridized carbons (Fsp3) is 0.909. The molecule has 0 aliphatic heterocycles. The summed E-state index contributed by atoms with van der Waals surface area (Å²) in [6.07, 6.45) is 5.22. The van der Waals surface area contributed by atoms with E-state index in [4.69, 9.17) is 5.73 Å². The predicted molar refractivity (Wildman–Crippen MR) is 57.3 cm³/mol. The highest BCUT2D eigenvalue weighted by molar-refractivity contribution is 5.75. The number of nitrogens with zero attached hydrogens (tertiary/aromatic N) is 1. The minimum absolute atomic E-state index is 0.295. The van der Waals surface area contributed by atoms with Crippen molar-refractivity contribution in [3.05, 3.63) is 0 Å². The largest absolute Gasteiger partial charge is 0.468 e. The maximum Gasteiger partial charge on any atom is 0.323 e. The summed E-state index contributed by atoms with van der Waals surface area (Å²) in [6.45, 7) is 1.78. The third-order valence-electron chi connectivity index (χ3n) is 3.19. The van der Waals surface area contributed by atoms with Crippen LogP contribution in [0.15, 0.2) is 0 Å². The van der Waals surface area contributed by atoms with Gasteiger partial charge in [0.05, 0.1) is 7.11 Å². The lowest BCUT2D eigenvalue weighted by Gasteiger charge is -2.24. The predicted octanol–water partition coefficient (Wildman–Crippen LogP) is 0.361. The van der Waals surface area contributed by atoms with Gasteiger partial charge in [-0.05, 0) is 31.6 Å². The molecule has 0 bridgehead atoms. The van der Waals surface area contributed by atoms with Crippen LogP contribution in [0.1, 0.15) is 25.7 Å². The molecule has 4 heteroatoms. The Morgan fingerprint density at radius 3 is 2.60 bits per heavy atom. The van der Waals surface area contributed by atoms with Crippen molar-refractivity contribution >= 4 is 5.97 Å². The molecule has 0 spiro atoms. The van der Waals surface area contributed by atoms with E-state index in [0.29, 0.717) is 12.6 Å². The van der Waals surface area contributed by atoms with Gasteiger partial charge < -0.3 is 10.5 Å². The minimum atomic E-state index is -0.477. The molecule has 2 fully saturated rings. The number of methoxy groups -OCH3 is 1. The molecular formula is C11H20N2O2. The standard InChI is InChI=1S/C11H20N2O2/c1-15-11(14)10(12)7-13(9-4-5-9)6-8-2-3-8/h8-10H,2-7,12H2,1H3. The molecule has 2 saturated carbocycles. The topological polar surface area (TPSA) is 55.6 Å². The summed E-state index contributed by atoms with van der Waals surface area (Å²) in [7, 11) is 1.39. The van der Waals surface area contributed by atoms with Crippen LogP contribution in [0.5, 0.6) is 0 Å². The van der Waals surface area contributed by atoms with E-state index in [1.54, 1.807) is 0 Å². The molecule has 0 heterocycles. The van der Waals surface area contributed by atoms with E-state index >= 15 is 0 Å². The van der Waals surface area contributed by atoms with Crippen molar-refractivity contribution in [3.63, 3.8) is 0 Å². The van der Waals surface area contributed by atoms with Crippen LogP contribution in [0.3, 0.4) is 0 Å². The normalized spacial score (nSPS) is 22.9. The number of hydrogen-bond acceptors (Lipinski definition) is 4. The van der Waals surface area contributed by atoms with Gasteiger partial charge in [-0.1, -0.05) is 0 Å². The third kappa shape index (κ3) is 3.18. The number of hydrogen-bond donors (Lipinski definition) is 1. The Morgan fingerprint density at radius 1 is 1.47 bits per heavy atom. The van der Waals surface area contributed by atoms with Gasteiger partial charge in [0.1, 0.15) is 6.04 Å². The molecule has 2 aliphatic rings. The summed E-state index contributed by atoms with van der Waals surface area (Å²) in [5.41, 5.74) is 5.77. The van der Waals surface area contributed by atoms with E-state index in [2.05, 4.69) is 9.64 Å². The molecule has 0 amide bonds.